The molecule has 1 heterocycles. The third-order valence-electron chi connectivity index (χ3n) is 7.43. The zero-order valence-corrected chi connectivity index (χ0v) is 25.8. The lowest BCUT2D eigenvalue weighted by Crippen LogP contribution is -2.44. The van der Waals surface area contributed by atoms with Crippen LogP contribution in [-0.4, -0.2) is 99.6 Å². The number of urea groups is 1. The summed E-state index contributed by atoms with van der Waals surface area (Å²) in [6, 6.07) is 16.7. The first-order valence-corrected chi connectivity index (χ1v) is 14.7. The van der Waals surface area contributed by atoms with E-state index in [1.165, 1.54) is 26.4 Å². The van der Waals surface area contributed by atoms with Crippen molar-refractivity contribution >= 4 is 29.3 Å². The number of ether oxygens (including phenoxy) is 4. The molecule has 0 spiro atoms. The fraction of sp³-hybridized carbons (Fsp3) is 0.364. The average molecular weight is 621 g/mol. The zero-order valence-electron chi connectivity index (χ0n) is 25.8. The molecule has 12 nitrogen and oxygen atoms in total. The number of aromatic carboxylic acids is 1. The smallest absolute Gasteiger partial charge is 0.335 e. The Hall–Kier alpha value is -4.81. The Kier molecular flexibility index (Phi) is 12.0. The van der Waals surface area contributed by atoms with Crippen LogP contribution in [-0.2, 0) is 16.0 Å². The standard InChI is InChI=1S/C33H40N4O8/c1-23-6-4-5-7-26(23)34-33(41)35-27-10-8-24(20-29(27)42-2)21-31(38)37(13-12-36-14-17-44-18-15-36)16-19-45-28-11-9-25(32(39)40)22-30(28)43-3/h4-11,20,22H,12-19,21H2,1-3H3,(H,39,40)(H2,34,35,41). The maximum absolute atomic E-state index is 13.6. The number of nitrogens with zero attached hydrogens (tertiary/aromatic N) is 2. The van der Waals surface area contributed by atoms with Crippen molar-refractivity contribution in [1.29, 1.82) is 0 Å². The molecular formula is C33H40N4O8. The highest BCUT2D eigenvalue weighted by Gasteiger charge is 2.19. The molecule has 1 aliphatic heterocycles. The summed E-state index contributed by atoms with van der Waals surface area (Å²) in [4.78, 5) is 41.6. The summed E-state index contributed by atoms with van der Waals surface area (Å²) in [5.41, 5.74) is 2.93. The minimum absolute atomic E-state index is 0.0880. The Bertz CT molecular complexity index is 1470. The van der Waals surface area contributed by atoms with E-state index < -0.39 is 12.0 Å². The zero-order chi connectivity index (χ0) is 32.2. The number of carbonyl (C=O) groups excluding carboxylic acids is 2. The second-order valence-corrected chi connectivity index (χ2v) is 10.5. The fourth-order valence-electron chi connectivity index (χ4n) is 4.86. The van der Waals surface area contributed by atoms with Gasteiger partial charge in [0, 0.05) is 31.9 Å². The highest BCUT2D eigenvalue weighted by atomic mass is 16.5. The molecule has 0 aromatic heterocycles. The van der Waals surface area contributed by atoms with Crippen molar-refractivity contribution in [2.75, 3.05) is 77.4 Å². The van der Waals surface area contributed by atoms with Crippen molar-refractivity contribution in [3.05, 3.63) is 77.4 Å². The first kappa shape index (κ1) is 33.1. The highest BCUT2D eigenvalue weighted by molar-refractivity contribution is 6.01. The van der Waals surface area contributed by atoms with Crippen LogP contribution in [0, 0.1) is 6.92 Å². The second-order valence-electron chi connectivity index (χ2n) is 10.5. The lowest BCUT2D eigenvalue weighted by atomic mass is 10.1. The molecule has 0 unspecified atom stereocenters. The number of rotatable bonds is 14. The van der Waals surface area contributed by atoms with Gasteiger partial charge in [0.05, 0.1) is 51.6 Å². The summed E-state index contributed by atoms with van der Waals surface area (Å²) < 4.78 is 22.2. The van der Waals surface area contributed by atoms with Gasteiger partial charge in [-0.25, -0.2) is 9.59 Å². The number of hydrogen-bond donors (Lipinski definition) is 3. The van der Waals surface area contributed by atoms with E-state index in [1.54, 1.807) is 29.2 Å². The third kappa shape index (κ3) is 9.59. The van der Waals surface area contributed by atoms with Crippen LogP contribution in [0.15, 0.2) is 60.7 Å². The highest BCUT2D eigenvalue weighted by Crippen LogP contribution is 2.29. The number of amides is 3. The maximum Gasteiger partial charge on any atom is 0.335 e. The Balaban J connectivity index is 1.41. The monoisotopic (exact) mass is 620 g/mol. The van der Waals surface area contributed by atoms with Crippen LogP contribution in [0.1, 0.15) is 21.5 Å². The number of carboxylic acid groups (broad SMARTS) is 1. The van der Waals surface area contributed by atoms with Gasteiger partial charge < -0.3 is 39.6 Å². The molecule has 240 valence electrons. The first-order valence-electron chi connectivity index (χ1n) is 14.7. The number of para-hydroxylation sites is 1. The van der Waals surface area contributed by atoms with E-state index in [1.807, 2.05) is 31.2 Å². The van der Waals surface area contributed by atoms with Crippen molar-refractivity contribution in [3.8, 4) is 17.2 Å². The third-order valence-corrected chi connectivity index (χ3v) is 7.43. The minimum atomic E-state index is -1.06. The molecule has 0 radical (unpaired) electrons. The maximum atomic E-state index is 13.6. The summed E-state index contributed by atoms with van der Waals surface area (Å²) in [7, 11) is 2.95. The molecule has 0 atom stereocenters. The van der Waals surface area contributed by atoms with E-state index in [0.29, 0.717) is 61.5 Å². The number of morpholine rings is 1. The Morgan fingerprint density at radius 1 is 0.889 bits per heavy atom. The molecule has 1 saturated heterocycles. The molecule has 3 N–H and O–H groups in total. The largest absolute Gasteiger partial charge is 0.495 e. The number of aryl methyl sites for hydroxylation is 1. The number of methoxy groups -OCH3 is 2. The summed E-state index contributed by atoms with van der Waals surface area (Å²) >= 11 is 0. The van der Waals surface area contributed by atoms with E-state index in [-0.39, 0.29) is 24.5 Å². The molecule has 3 aromatic carbocycles. The molecule has 3 amide bonds. The Morgan fingerprint density at radius 2 is 1.62 bits per heavy atom. The molecule has 1 aliphatic rings. The van der Waals surface area contributed by atoms with Crippen molar-refractivity contribution < 1.29 is 38.4 Å². The molecule has 0 bridgehead atoms. The van der Waals surface area contributed by atoms with Gasteiger partial charge in [-0.3, -0.25) is 9.69 Å². The first-order chi connectivity index (χ1) is 21.8. The van der Waals surface area contributed by atoms with E-state index in [2.05, 4.69) is 15.5 Å². The molecule has 45 heavy (non-hydrogen) atoms. The summed E-state index contributed by atoms with van der Waals surface area (Å²) in [5, 5.41) is 14.9. The molecule has 3 aromatic rings. The van der Waals surface area contributed by atoms with Crippen LogP contribution in [0.2, 0.25) is 0 Å². The number of carboxylic acids is 1. The van der Waals surface area contributed by atoms with E-state index >= 15 is 0 Å². The van der Waals surface area contributed by atoms with Gasteiger partial charge in [-0.1, -0.05) is 24.3 Å². The number of benzene rings is 3. The topological polar surface area (TPSA) is 139 Å². The van der Waals surface area contributed by atoms with Crippen molar-refractivity contribution in [3.63, 3.8) is 0 Å². The lowest BCUT2D eigenvalue weighted by Gasteiger charge is -2.30. The number of hydrogen-bond acceptors (Lipinski definition) is 8. The van der Waals surface area contributed by atoms with Gasteiger partial charge in [0.25, 0.3) is 0 Å². The predicted octanol–water partition coefficient (Wildman–Crippen LogP) is 4.14. The van der Waals surface area contributed by atoms with E-state index in [0.717, 1.165) is 24.2 Å². The normalized spacial score (nSPS) is 13.0. The van der Waals surface area contributed by atoms with Gasteiger partial charge in [0.15, 0.2) is 11.5 Å². The van der Waals surface area contributed by atoms with Crippen molar-refractivity contribution in [1.82, 2.24) is 9.80 Å². The number of anilines is 2. The molecule has 0 aliphatic carbocycles. The van der Waals surface area contributed by atoms with Crippen LogP contribution in [0.5, 0.6) is 17.2 Å². The van der Waals surface area contributed by atoms with Crippen LogP contribution in [0.25, 0.3) is 0 Å². The Labute approximate surface area is 262 Å². The SMILES string of the molecule is COc1cc(CC(=O)N(CCOc2ccc(C(=O)O)cc2OC)CCN2CCOCC2)ccc1NC(=O)Nc1ccccc1C. The molecule has 12 heteroatoms. The minimum Gasteiger partial charge on any atom is -0.495 e. The van der Waals surface area contributed by atoms with E-state index in [4.69, 9.17) is 18.9 Å². The van der Waals surface area contributed by atoms with Crippen molar-refractivity contribution in [2.24, 2.45) is 0 Å². The number of carbonyl (C=O) groups is 3. The lowest BCUT2D eigenvalue weighted by molar-refractivity contribution is -0.131. The number of nitrogens with one attached hydrogen (secondary N) is 2. The summed E-state index contributed by atoms with van der Waals surface area (Å²) in [5.74, 6) is -0.0389. The molecule has 0 saturated carbocycles. The van der Waals surface area contributed by atoms with Crippen LogP contribution < -0.4 is 24.8 Å². The van der Waals surface area contributed by atoms with Gasteiger partial charge in [-0.15, -0.1) is 0 Å². The van der Waals surface area contributed by atoms with E-state index in [9.17, 15) is 19.5 Å². The van der Waals surface area contributed by atoms with Crippen molar-refractivity contribution in [2.45, 2.75) is 13.3 Å². The second kappa shape index (κ2) is 16.3. The van der Waals surface area contributed by atoms with Crippen LogP contribution >= 0.6 is 0 Å². The van der Waals surface area contributed by atoms with Crippen LogP contribution in [0.4, 0.5) is 16.2 Å². The molecular weight excluding hydrogens is 580 g/mol. The quantitative estimate of drug-likeness (QED) is 0.243. The van der Waals surface area contributed by atoms with Gasteiger partial charge in [0.2, 0.25) is 5.91 Å². The van der Waals surface area contributed by atoms with Gasteiger partial charge in [0.1, 0.15) is 12.4 Å². The van der Waals surface area contributed by atoms with Gasteiger partial charge in [-0.2, -0.15) is 0 Å². The summed E-state index contributed by atoms with van der Waals surface area (Å²) in [6.45, 7) is 6.50. The average Bonchev–Trinajstić information content (AvgIpc) is 3.04. The fourth-order valence-corrected chi connectivity index (χ4v) is 4.86. The predicted molar refractivity (Wildman–Crippen MR) is 170 cm³/mol. The Morgan fingerprint density at radius 3 is 2.33 bits per heavy atom. The summed E-state index contributed by atoms with van der Waals surface area (Å²) in [6.07, 6.45) is 0.117. The van der Waals surface area contributed by atoms with Gasteiger partial charge >= 0.3 is 12.0 Å². The van der Waals surface area contributed by atoms with Crippen LogP contribution in [0.3, 0.4) is 0 Å². The molecule has 4 rings (SSSR count). The molecule has 1 fully saturated rings. The van der Waals surface area contributed by atoms with Gasteiger partial charge in [-0.05, 0) is 54.4 Å².